The molecule has 0 aliphatic rings. The molecule has 110 valence electrons. The maximum atomic E-state index is 12.1. The zero-order valence-corrected chi connectivity index (χ0v) is 13.3. The molecule has 0 bridgehead atoms. The highest BCUT2D eigenvalue weighted by molar-refractivity contribution is 7.92. The molecule has 5 nitrogen and oxygen atoms in total. The Morgan fingerprint density at radius 2 is 2.15 bits per heavy atom. The van der Waals surface area contributed by atoms with Crippen molar-refractivity contribution in [2.45, 2.75) is 24.0 Å². The van der Waals surface area contributed by atoms with Crippen LogP contribution in [0.3, 0.4) is 0 Å². The van der Waals surface area contributed by atoms with Crippen LogP contribution in [-0.2, 0) is 14.6 Å². The first kappa shape index (κ1) is 15.2. The molecule has 0 fully saturated rings. The largest absolute Gasteiger partial charge is 0.383 e. The van der Waals surface area contributed by atoms with Crippen LogP contribution in [0.1, 0.15) is 13.8 Å². The molecule has 0 spiro atoms. The molecule has 1 aromatic heterocycles. The lowest BCUT2D eigenvalue weighted by atomic mass is 10.3. The normalized spacial score (nSPS) is 12.2. The molecule has 0 saturated carbocycles. The van der Waals surface area contributed by atoms with Gasteiger partial charge in [-0.15, -0.1) is 0 Å². The zero-order valence-electron chi connectivity index (χ0n) is 11.7. The van der Waals surface area contributed by atoms with Gasteiger partial charge in [-0.3, -0.25) is 0 Å². The number of methoxy groups -OCH3 is 1. The summed E-state index contributed by atoms with van der Waals surface area (Å²) in [6.45, 7) is 4.64. The van der Waals surface area contributed by atoms with Crippen LogP contribution in [0, 0.1) is 0 Å². The number of aromatic nitrogens is 1. The van der Waals surface area contributed by atoms with E-state index in [1.165, 1.54) is 11.3 Å². The first-order valence-electron chi connectivity index (χ1n) is 6.32. The van der Waals surface area contributed by atoms with Crippen LogP contribution in [0.5, 0.6) is 0 Å². The average molecular weight is 314 g/mol. The third-order valence-electron chi connectivity index (χ3n) is 2.89. The van der Waals surface area contributed by atoms with Crippen LogP contribution in [-0.4, -0.2) is 38.9 Å². The molecular weight excluding hydrogens is 296 g/mol. The van der Waals surface area contributed by atoms with Crippen molar-refractivity contribution >= 4 is 36.5 Å². The average Bonchev–Trinajstić information content (AvgIpc) is 2.80. The van der Waals surface area contributed by atoms with Crippen molar-refractivity contribution in [1.82, 2.24) is 4.98 Å². The van der Waals surface area contributed by atoms with Crippen LogP contribution in [0.2, 0.25) is 0 Å². The molecule has 0 unspecified atom stereocenters. The summed E-state index contributed by atoms with van der Waals surface area (Å²) in [5.41, 5.74) is 0.803. The maximum absolute atomic E-state index is 12.1. The fourth-order valence-corrected chi connectivity index (χ4v) is 3.78. The minimum atomic E-state index is -3.24. The van der Waals surface area contributed by atoms with Gasteiger partial charge in [0.2, 0.25) is 0 Å². The Hall–Kier alpha value is -1.18. The Kier molecular flexibility index (Phi) is 4.62. The van der Waals surface area contributed by atoms with Crippen LogP contribution >= 0.6 is 11.3 Å². The second-order valence-electron chi connectivity index (χ2n) is 4.66. The molecule has 0 amide bonds. The van der Waals surface area contributed by atoms with E-state index in [1.54, 1.807) is 39.2 Å². The van der Waals surface area contributed by atoms with E-state index in [1.807, 2.05) is 0 Å². The van der Waals surface area contributed by atoms with Crippen molar-refractivity contribution in [3.63, 3.8) is 0 Å². The Morgan fingerprint density at radius 1 is 1.40 bits per heavy atom. The highest BCUT2D eigenvalue weighted by atomic mass is 32.2. The highest BCUT2D eigenvalue weighted by Gasteiger charge is 2.20. The molecule has 7 heteroatoms. The molecule has 2 aromatic rings. The number of hydrogen-bond acceptors (Lipinski definition) is 6. The maximum Gasteiger partial charge on any atom is 0.183 e. The first-order chi connectivity index (χ1) is 9.45. The number of ether oxygens (including phenoxy) is 1. The summed E-state index contributed by atoms with van der Waals surface area (Å²) in [6.07, 6.45) is 0. The van der Waals surface area contributed by atoms with Crippen molar-refractivity contribution in [1.29, 1.82) is 0 Å². The molecular formula is C13H18N2O3S2. The second kappa shape index (κ2) is 6.07. The number of fused-ring (bicyclic) bond motifs is 1. The van der Waals surface area contributed by atoms with Gasteiger partial charge in [-0.05, 0) is 32.0 Å². The second-order valence-corrected chi connectivity index (χ2v) is 8.20. The van der Waals surface area contributed by atoms with Gasteiger partial charge in [0.1, 0.15) is 0 Å². The predicted molar refractivity (Wildman–Crippen MR) is 82.3 cm³/mol. The van der Waals surface area contributed by atoms with Crippen molar-refractivity contribution in [2.24, 2.45) is 0 Å². The van der Waals surface area contributed by atoms with E-state index in [2.05, 4.69) is 10.3 Å². The summed E-state index contributed by atoms with van der Waals surface area (Å²) in [6, 6.07) is 5.07. The van der Waals surface area contributed by atoms with E-state index in [0.29, 0.717) is 18.0 Å². The van der Waals surface area contributed by atoms with E-state index < -0.39 is 15.1 Å². The molecule has 0 aliphatic carbocycles. The number of benzene rings is 1. The van der Waals surface area contributed by atoms with Crippen LogP contribution in [0.4, 0.5) is 5.13 Å². The molecule has 0 saturated heterocycles. The fourth-order valence-electron chi connectivity index (χ4n) is 1.69. The molecule has 1 N–H and O–H groups in total. The predicted octanol–water partition coefficient (Wildman–Crippen LogP) is 2.54. The summed E-state index contributed by atoms with van der Waals surface area (Å²) >= 11 is 1.45. The fraction of sp³-hybridized carbons (Fsp3) is 0.462. The van der Waals surface area contributed by atoms with Crippen molar-refractivity contribution in [2.75, 3.05) is 25.6 Å². The number of rotatable bonds is 6. The van der Waals surface area contributed by atoms with Crippen LogP contribution in [0.25, 0.3) is 10.2 Å². The van der Waals surface area contributed by atoms with Gasteiger partial charge in [0.15, 0.2) is 15.0 Å². The Morgan fingerprint density at radius 3 is 2.80 bits per heavy atom. The van der Waals surface area contributed by atoms with Crippen molar-refractivity contribution in [3.05, 3.63) is 18.2 Å². The molecule has 1 aromatic carbocycles. The highest BCUT2D eigenvalue weighted by Crippen LogP contribution is 2.29. The molecule has 0 radical (unpaired) electrons. The minimum Gasteiger partial charge on any atom is -0.383 e. The van der Waals surface area contributed by atoms with Gasteiger partial charge in [0.25, 0.3) is 0 Å². The number of sulfone groups is 1. The summed E-state index contributed by atoms with van der Waals surface area (Å²) in [7, 11) is -1.60. The summed E-state index contributed by atoms with van der Waals surface area (Å²) in [5.74, 6) is 0. The van der Waals surface area contributed by atoms with Gasteiger partial charge in [-0.25, -0.2) is 13.4 Å². The number of nitrogens with zero attached hydrogens (tertiary/aromatic N) is 1. The Balaban J connectivity index is 2.31. The van der Waals surface area contributed by atoms with Gasteiger partial charge in [-0.1, -0.05) is 11.3 Å². The smallest absolute Gasteiger partial charge is 0.183 e. The standard InChI is InChI=1S/C13H18N2O3S2/c1-9(2)20(16,17)10-4-5-11-12(8-10)19-13(15-11)14-6-7-18-3/h4-5,8-9H,6-7H2,1-3H3,(H,14,15). The van der Waals surface area contributed by atoms with E-state index in [4.69, 9.17) is 4.74 Å². The lowest BCUT2D eigenvalue weighted by molar-refractivity contribution is 0.211. The quantitative estimate of drug-likeness (QED) is 0.830. The Labute approximate surface area is 122 Å². The van der Waals surface area contributed by atoms with Gasteiger partial charge in [0.05, 0.1) is 27.0 Å². The molecule has 0 aliphatic heterocycles. The van der Waals surface area contributed by atoms with E-state index in [-0.39, 0.29) is 0 Å². The lowest BCUT2D eigenvalue weighted by Crippen LogP contribution is -2.13. The van der Waals surface area contributed by atoms with Gasteiger partial charge >= 0.3 is 0 Å². The summed E-state index contributed by atoms with van der Waals surface area (Å²) < 4.78 is 30.1. The topological polar surface area (TPSA) is 68.3 Å². The third kappa shape index (κ3) is 3.11. The first-order valence-corrected chi connectivity index (χ1v) is 8.68. The van der Waals surface area contributed by atoms with Crippen LogP contribution < -0.4 is 5.32 Å². The van der Waals surface area contributed by atoms with E-state index >= 15 is 0 Å². The van der Waals surface area contributed by atoms with Gasteiger partial charge in [0, 0.05) is 13.7 Å². The van der Waals surface area contributed by atoms with E-state index in [9.17, 15) is 8.42 Å². The number of thiazole rings is 1. The van der Waals surface area contributed by atoms with Crippen molar-refractivity contribution in [3.8, 4) is 0 Å². The lowest BCUT2D eigenvalue weighted by Gasteiger charge is -2.06. The number of hydrogen-bond donors (Lipinski definition) is 1. The summed E-state index contributed by atoms with van der Waals surface area (Å²) in [5, 5.41) is 3.50. The number of nitrogens with one attached hydrogen (secondary N) is 1. The third-order valence-corrected chi connectivity index (χ3v) is 6.02. The molecule has 2 rings (SSSR count). The Bertz CT molecular complexity index is 693. The SMILES string of the molecule is COCCNc1nc2ccc(S(=O)(=O)C(C)C)cc2s1. The zero-order chi connectivity index (χ0) is 14.8. The summed E-state index contributed by atoms with van der Waals surface area (Å²) in [4.78, 5) is 4.76. The molecule has 0 atom stereocenters. The minimum absolute atomic E-state index is 0.354. The van der Waals surface area contributed by atoms with Gasteiger partial charge in [-0.2, -0.15) is 0 Å². The van der Waals surface area contributed by atoms with Crippen molar-refractivity contribution < 1.29 is 13.2 Å². The van der Waals surface area contributed by atoms with Gasteiger partial charge < -0.3 is 10.1 Å². The number of anilines is 1. The monoisotopic (exact) mass is 314 g/mol. The van der Waals surface area contributed by atoms with Crippen LogP contribution in [0.15, 0.2) is 23.1 Å². The molecule has 20 heavy (non-hydrogen) atoms. The molecule has 1 heterocycles. The van der Waals surface area contributed by atoms with E-state index in [0.717, 1.165) is 15.3 Å².